The van der Waals surface area contributed by atoms with Gasteiger partial charge in [0, 0.05) is 40.9 Å². The number of hydrogen-bond acceptors (Lipinski definition) is 3. The standard InChI is InChI=1S/C16H24BrN3O/c1-10(2)20(11(3)4)8-7-18-15-13-9-12(17)5-6-14(13)19-16(15)21/h5-6,9-11,15,18H,7-8H2,1-4H3,(H,19,21). The molecule has 1 aliphatic heterocycles. The Morgan fingerprint density at radius 1 is 1.29 bits per heavy atom. The third-order valence-corrected chi connectivity index (χ3v) is 4.38. The number of halogens is 1. The molecule has 0 fully saturated rings. The lowest BCUT2D eigenvalue weighted by molar-refractivity contribution is -0.117. The molecular weight excluding hydrogens is 330 g/mol. The smallest absolute Gasteiger partial charge is 0.246 e. The molecule has 1 atom stereocenters. The first kappa shape index (κ1) is 16.5. The highest BCUT2D eigenvalue weighted by atomic mass is 79.9. The zero-order valence-electron chi connectivity index (χ0n) is 13.1. The van der Waals surface area contributed by atoms with E-state index in [1.165, 1.54) is 0 Å². The van der Waals surface area contributed by atoms with Crippen LogP contribution >= 0.6 is 15.9 Å². The maximum absolute atomic E-state index is 12.1. The number of nitrogens with one attached hydrogen (secondary N) is 2. The lowest BCUT2D eigenvalue weighted by Crippen LogP contribution is -2.42. The Morgan fingerprint density at radius 3 is 2.57 bits per heavy atom. The highest BCUT2D eigenvalue weighted by Gasteiger charge is 2.30. The van der Waals surface area contributed by atoms with Gasteiger partial charge in [0.15, 0.2) is 0 Å². The largest absolute Gasteiger partial charge is 0.324 e. The molecule has 0 saturated carbocycles. The average molecular weight is 354 g/mol. The molecule has 5 heteroatoms. The number of rotatable bonds is 6. The Labute approximate surface area is 135 Å². The van der Waals surface area contributed by atoms with Crippen LogP contribution in [0.2, 0.25) is 0 Å². The van der Waals surface area contributed by atoms with Gasteiger partial charge in [-0.2, -0.15) is 0 Å². The molecule has 116 valence electrons. The van der Waals surface area contributed by atoms with Crippen LogP contribution in [0.25, 0.3) is 0 Å². The number of hydrogen-bond donors (Lipinski definition) is 2. The van der Waals surface area contributed by atoms with E-state index in [1.54, 1.807) is 0 Å². The van der Waals surface area contributed by atoms with Gasteiger partial charge in [0.25, 0.3) is 0 Å². The zero-order chi connectivity index (χ0) is 15.6. The normalized spacial score (nSPS) is 17.7. The van der Waals surface area contributed by atoms with Crippen LogP contribution in [-0.2, 0) is 4.79 Å². The second-order valence-corrected chi connectivity index (χ2v) is 6.95. The molecule has 1 unspecified atom stereocenters. The van der Waals surface area contributed by atoms with Gasteiger partial charge >= 0.3 is 0 Å². The van der Waals surface area contributed by atoms with Crippen molar-refractivity contribution < 1.29 is 4.79 Å². The van der Waals surface area contributed by atoms with Gasteiger partial charge in [0.05, 0.1) is 0 Å². The first-order valence-electron chi connectivity index (χ1n) is 7.49. The van der Waals surface area contributed by atoms with Gasteiger partial charge in [-0.3, -0.25) is 9.69 Å². The Balaban J connectivity index is 1.98. The summed E-state index contributed by atoms with van der Waals surface area (Å²) >= 11 is 3.47. The number of fused-ring (bicyclic) bond motifs is 1. The van der Waals surface area contributed by atoms with E-state index in [-0.39, 0.29) is 11.9 Å². The van der Waals surface area contributed by atoms with E-state index in [0.29, 0.717) is 12.1 Å². The summed E-state index contributed by atoms with van der Waals surface area (Å²) in [7, 11) is 0. The van der Waals surface area contributed by atoms with Crippen molar-refractivity contribution in [2.24, 2.45) is 0 Å². The van der Waals surface area contributed by atoms with E-state index in [0.717, 1.165) is 28.8 Å². The van der Waals surface area contributed by atoms with Gasteiger partial charge in [-0.15, -0.1) is 0 Å². The molecule has 1 heterocycles. The highest BCUT2D eigenvalue weighted by Crippen LogP contribution is 2.32. The molecule has 1 amide bonds. The minimum Gasteiger partial charge on any atom is -0.324 e. The number of benzene rings is 1. The SMILES string of the molecule is CC(C)N(CCNC1C(=O)Nc2ccc(Br)cc21)C(C)C. The molecule has 0 aliphatic carbocycles. The topological polar surface area (TPSA) is 44.4 Å². The summed E-state index contributed by atoms with van der Waals surface area (Å²) in [6.45, 7) is 10.5. The van der Waals surface area contributed by atoms with Crippen molar-refractivity contribution in [3.63, 3.8) is 0 Å². The molecule has 0 saturated heterocycles. The minimum absolute atomic E-state index is 0.0312. The van der Waals surface area contributed by atoms with Gasteiger partial charge in [-0.05, 0) is 45.9 Å². The van der Waals surface area contributed by atoms with Gasteiger partial charge in [0.2, 0.25) is 5.91 Å². The summed E-state index contributed by atoms with van der Waals surface area (Å²) in [6, 6.07) is 6.65. The molecular formula is C16H24BrN3O. The fourth-order valence-corrected chi connectivity index (χ4v) is 3.26. The Bertz CT molecular complexity index is 508. The summed E-state index contributed by atoms with van der Waals surface area (Å²) in [5.74, 6) is 0.0312. The van der Waals surface area contributed by atoms with E-state index in [1.807, 2.05) is 18.2 Å². The van der Waals surface area contributed by atoms with E-state index < -0.39 is 0 Å². The van der Waals surface area contributed by atoms with E-state index in [4.69, 9.17) is 0 Å². The van der Waals surface area contributed by atoms with Gasteiger partial charge in [0.1, 0.15) is 6.04 Å². The van der Waals surface area contributed by atoms with Crippen molar-refractivity contribution in [1.29, 1.82) is 0 Å². The molecule has 1 aromatic rings. The van der Waals surface area contributed by atoms with Crippen LogP contribution < -0.4 is 10.6 Å². The summed E-state index contributed by atoms with van der Waals surface area (Å²) in [5.41, 5.74) is 1.93. The van der Waals surface area contributed by atoms with Crippen molar-refractivity contribution >= 4 is 27.5 Å². The van der Waals surface area contributed by atoms with Crippen LogP contribution in [0.3, 0.4) is 0 Å². The van der Waals surface area contributed by atoms with Crippen molar-refractivity contribution in [3.05, 3.63) is 28.2 Å². The second kappa shape index (κ2) is 6.90. The fourth-order valence-electron chi connectivity index (χ4n) is 2.89. The van der Waals surface area contributed by atoms with Crippen LogP contribution in [0.4, 0.5) is 5.69 Å². The van der Waals surface area contributed by atoms with Crippen molar-refractivity contribution in [2.45, 2.75) is 45.8 Å². The molecule has 1 aliphatic rings. The summed E-state index contributed by atoms with van der Waals surface area (Å²) in [4.78, 5) is 14.5. The van der Waals surface area contributed by atoms with Crippen molar-refractivity contribution in [3.8, 4) is 0 Å². The van der Waals surface area contributed by atoms with Crippen molar-refractivity contribution in [1.82, 2.24) is 10.2 Å². The van der Waals surface area contributed by atoms with Gasteiger partial charge in [-0.1, -0.05) is 15.9 Å². The lowest BCUT2D eigenvalue weighted by atomic mass is 10.1. The molecule has 2 rings (SSSR count). The first-order valence-corrected chi connectivity index (χ1v) is 8.29. The third kappa shape index (κ3) is 3.84. The quantitative estimate of drug-likeness (QED) is 0.825. The molecule has 21 heavy (non-hydrogen) atoms. The fraction of sp³-hybridized carbons (Fsp3) is 0.562. The molecule has 0 aromatic heterocycles. The number of amides is 1. The van der Waals surface area contributed by atoms with Crippen LogP contribution in [0.15, 0.2) is 22.7 Å². The Kier molecular flexibility index (Phi) is 5.41. The third-order valence-electron chi connectivity index (χ3n) is 3.89. The van der Waals surface area contributed by atoms with Crippen molar-refractivity contribution in [2.75, 3.05) is 18.4 Å². The number of nitrogens with zero attached hydrogens (tertiary/aromatic N) is 1. The number of carbonyl (C=O) groups excluding carboxylic acids is 1. The second-order valence-electron chi connectivity index (χ2n) is 6.03. The van der Waals surface area contributed by atoms with Gasteiger partial charge in [-0.25, -0.2) is 0 Å². The van der Waals surface area contributed by atoms with Crippen LogP contribution in [0, 0.1) is 0 Å². The number of anilines is 1. The molecule has 0 spiro atoms. The highest BCUT2D eigenvalue weighted by molar-refractivity contribution is 9.10. The first-order chi connectivity index (χ1) is 9.90. The summed E-state index contributed by atoms with van der Waals surface area (Å²) in [6.07, 6.45) is 0. The minimum atomic E-state index is -0.251. The lowest BCUT2D eigenvalue weighted by Gasteiger charge is -2.30. The monoisotopic (exact) mass is 353 g/mol. The molecule has 4 nitrogen and oxygen atoms in total. The van der Waals surface area contributed by atoms with E-state index in [2.05, 4.69) is 59.2 Å². The Morgan fingerprint density at radius 2 is 1.95 bits per heavy atom. The van der Waals surface area contributed by atoms with Gasteiger partial charge < -0.3 is 10.6 Å². The Hall–Kier alpha value is -0.910. The van der Waals surface area contributed by atoms with Crippen LogP contribution in [-0.4, -0.2) is 36.0 Å². The molecule has 1 aromatic carbocycles. The zero-order valence-corrected chi connectivity index (χ0v) is 14.7. The maximum atomic E-state index is 12.1. The van der Waals surface area contributed by atoms with Crippen LogP contribution in [0.5, 0.6) is 0 Å². The predicted octanol–water partition coefficient (Wildman–Crippen LogP) is 3.15. The molecule has 0 radical (unpaired) electrons. The number of carbonyl (C=O) groups is 1. The summed E-state index contributed by atoms with van der Waals surface area (Å²) in [5, 5.41) is 6.30. The predicted molar refractivity (Wildman–Crippen MR) is 90.5 cm³/mol. The van der Waals surface area contributed by atoms with Crippen LogP contribution in [0.1, 0.15) is 39.3 Å². The molecule has 2 N–H and O–H groups in total. The molecule has 0 bridgehead atoms. The van der Waals surface area contributed by atoms with E-state index >= 15 is 0 Å². The van der Waals surface area contributed by atoms with E-state index in [9.17, 15) is 4.79 Å². The maximum Gasteiger partial charge on any atom is 0.246 e. The average Bonchev–Trinajstić information content (AvgIpc) is 2.69. The summed E-state index contributed by atoms with van der Waals surface area (Å²) < 4.78 is 0.996.